The summed E-state index contributed by atoms with van der Waals surface area (Å²) in [4.78, 5) is 25.7. The molecule has 2 aromatic rings. The zero-order valence-corrected chi connectivity index (χ0v) is 9.33. The summed E-state index contributed by atoms with van der Waals surface area (Å²) in [6.07, 6.45) is 0. The highest BCUT2D eigenvalue weighted by atomic mass is 19.1. The van der Waals surface area contributed by atoms with Gasteiger partial charge in [-0.25, -0.2) is 9.18 Å². The van der Waals surface area contributed by atoms with E-state index in [1.54, 1.807) is 6.92 Å². The molecule has 1 N–H and O–H groups in total. The molecule has 0 saturated carbocycles. The minimum atomic E-state index is -0.662. The smallest absolute Gasteiger partial charge is 0.354 e. The van der Waals surface area contributed by atoms with Gasteiger partial charge < -0.3 is 9.72 Å². The van der Waals surface area contributed by atoms with Gasteiger partial charge in [0, 0.05) is 11.5 Å². The van der Waals surface area contributed by atoms with E-state index in [4.69, 9.17) is 0 Å². The van der Waals surface area contributed by atoms with Gasteiger partial charge in [0.1, 0.15) is 11.5 Å². The number of esters is 1. The van der Waals surface area contributed by atoms with Gasteiger partial charge in [0.15, 0.2) is 5.43 Å². The van der Waals surface area contributed by atoms with Crippen molar-refractivity contribution in [1.29, 1.82) is 0 Å². The molecule has 1 aromatic heterocycles. The summed E-state index contributed by atoms with van der Waals surface area (Å²) in [5, 5.41) is 0.344. The second kappa shape index (κ2) is 4.01. The van der Waals surface area contributed by atoms with Crippen LogP contribution in [0.25, 0.3) is 10.9 Å². The van der Waals surface area contributed by atoms with Crippen molar-refractivity contribution in [1.82, 2.24) is 4.98 Å². The number of benzene rings is 1. The van der Waals surface area contributed by atoms with Crippen LogP contribution in [0.5, 0.6) is 0 Å². The minimum absolute atomic E-state index is 0.00764. The van der Waals surface area contributed by atoms with Gasteiger partial charge in [-0.15, -0.1) is 0 Å². The maximum atomic E-state index is 13.4. The minimum Gasteiger partial charge on any atom is -0.464 e. The first kappa shape index (κ1) is 11.3. The van der Waals surface area contributed by atoms with Crippen molar-refractivity contribution in [2.75, 3.05) is 7.11 Å². The number of ether oxygens (including phenoxy) is 1. The molecule has 0 bridgehead atoms. The lowest BCUT2D eigenvalue weighted by molar-refractivity contribution is 0.0594. The number of H-pyrrole nitrogens is 1. The molecule has 0 spiro atoms. The Morgan fingerprint density at radius 3 is 2.71 bits per heavy atom. The predicted octanol–water partition coefficient (Wildman–Crippen LogP) is 1.76. The summed E-state index contributed by atoms with van der Waals surface area (Å²) >= 11 is 0. The van der Waals surface area contributed by atoms with Crippen molar-refractivity contribution >= 4 is 16.9 Å². The quantitative estimate of drug-likeness (QED) is 0.766. The SMILES string of the molecule is COC(=O)c1cc(=O)c2cc(C)c(F)cc2[nH]1. The Kier molecular flexibility index (Phi) is 2.67. The number of aromatic nitrogens is 1. The topological polar surface area (TPSA) is 59.2 Å². The molecular formula is C12H10FNO3. The van der Waals surface area contributed by atoms with E-state index in [0.717, 1.165) is 6.07 Å². The molecule has 1 aromatic carbocycles. The lowest BCUT2D eigenvalue weighted by Crippen LogP contribution is -2.11. The largest absolute Gasteiger partial charge is 0.464 e. The Labute approximate surface area is 96.0 Å². The van der Waals surface area contributed by atoms with E-state index in [1.807, 2.05) is 0 Å². The van der Waals surface area contributed by atoms with Crippen LogP contribution in [-0.2, 0) is 4.74 Å². The summed E-state index contributed by atoms with van der Waals surface area (Å²) in [5.74, 6) is -1.10. The molecule has 88 valence electrons. The molecule has 0 radical (unpaired) electrons. The second-order valence-electron chi connectivity index (χ2n) is 3.69. The van der Waals surface area contributed by atoms with Crippen LogP contribution < -0.4 is 5.43 Å². The fourth-order valence-electron chi connectivity index (χ4n) is 1.60. The van der Waals surface area contributed by atoms with Gasteiger partial charge in [0.25, 0.3) is 0 Å². The van der Waals surface area contributed by atoms with Crippen LogP contribution in [0, 0.1) is 12.7 Å². The van der Waals surface area contributed by atoms with E-state index in [-0.39, 0.29) is 16.6 Å². The van der Waals surface area contributed by atoms with Gasteiger partial charge in [0.2, 0.25) is 0 Å². The van der Waals surface area contributed by atoms with Gasteiger partial charge in [-0.1, -0.05) is 0 Å². The first-order valence-electron chi connectivity index (χ1n) is 4.94. The Morgan fingerprint density at radius 1 is 1.35 bits per heavy atom. The molecule has 5 heteroatoms. The third kappa shape index (κ3) is 1.91. The van der Waals surface area contributed by atoms with Gasteiger partial charge in [-0.3, -0.25) is 4.79 Å². The zero-order valence-electron chi connectivity index (χ0n) is 9.33. The number of hydrogen-bond donors (Lipinski definition) is 1. The third-order valence-electron chi connectivity index (χ3n) is 2.51. The molecule has 1 heterocycles. The summed E-state index contributed by atoms with van der Waals surface area (Å²) in [6.45, 7) is 1.57. The van der Waals surface area contributed by atoms with Crippen LogP contribution in [0.1, 0.15) is 16.1 Å². The van der Waals surface area contributed by atoms with Crippen molar-refractivity contribution < 1.29 is 13.9 Å². The van der Waals surface area contributed by atoms with Crippen molar-refractivity contribution in [2.24, 2.45) is 0 Å². The molecular weight excluding hydrogens is 225 g/mol. The molecule has 0 atom stereocenters. The van der Waals surface area contributed by atoms with Crippen LogP contribution in [0.4, 0.5) is 4.39 Å². The van der Waals surface area contributed by atoms with Crippen LogP contribution in [0.2, 0.25) is 0 Å². The number of pyridine rings is 1. The highest BCUT2D eigenvalue weighted by Gasteiger charge is 2.11. The predicted molar refractivity (Wildman–Crippen MR) is 60.6 cm³/mol. The van der Waals surface area contributed by atoms with Gasteiger partial charge >= 0.3 is 5.97 Å². The third-order valence-corrected chi connectivity index (χ3v) is 2.51. The highest BCUT2D eigenvalue weighted by molar-refractivity contribution is 5.91. The maximum absolute atomic E-state index is 13.4. The Hall–Kier alpha value is -2.17. The number of aryl methyl sites for hydroxylation is 1. The second-order valence-corrected chi connectivity index (χ2v) is 3.69. The number of fused-ring (bicyclic) bond motifs is 1. The maximum Gasteiger partial charge on any atom is 0.354 e. The van der Waals surface area contributed by atoms with E-state index in [0.29, 0.717) is 10.9 Å². The standard InChI is InChI=1S/C12H10FNO3/c1-6-3-7-9(4-8(6)13)14-10(5-11(7)15)12(16)17-2/h3-5H,1-2H3,(H,14,15). The van der Waals surface area contributed by atoms with Crippen LogP contribution in [0.3, 0.4) is 0 Å². The van der Waals surface area contributed by atoms with E-state index in [2.05, 4.69) is 9.72 Å². The molecule has 0 aliphatic rings. The number of hydrogen-bond acceptors (Lipinski definition) is 3. The Balaban J connectivity index is 2.78. The fraction of sp³-hybridized carbons (Fsp3) is 0.167. The van der Waals surface area contributed by atoms with E-state index in [1.165, 1.54) is 19.2 Å². The zero-order chi connectivity index (χ0) is 12.6. The Bertz CT molecular complexity index is 661. The van der Waals surface area contributed by atoms with Crippen LogP contribution in [0.15, 0.2) is 23.0 Å². The molecule has 0 aliphatic carbocycles. The van der Waals surface area contributed by atoms with E-state index >= 15 is 0 Å². The number of carbonyl (C=O) groups is 1. The first-order valence-corrected chi connectivity index (χ1v) is 4.94. The lowest BCUT2D eigenvalue weighted by Gasteiger charge is -2.04. The van der Waals surface area contributed by atoms with E-state index in [9.17, 15) is 14.0 Å². The van der Waals surface area contributed by atoms with E-state index < -0.39 is 11.8 Å². The summed E-state index contributed by atoms with van der Waals surface area (Å²) in [7, 11) is 1.21. The van der Waals surface area contributed by atoms with Crippen molar-refractivity contribution in [3.05, 3.63) is 45.5 Å². The molecule has 0 saturated heterocycles. The van der Waals surface area contributed by atoms with Gasteiger partial charge in [-0.2, -0.15) is 0 Å². The summed E-state index contributed by atoms with van der Waals surface area (Å²) in [6, 6.07) is 3.79. The summed E-state index contributed by atoms with van der Waals surface area (Å²) in [5.41, 5.74) is 0.324. The molecule has 0 unspecified atom stereocenters. The van der Waals surface area contributed by atoms with Crippen molar-refractivity contribution in [3.8, 4) is 0 Å². The monoisotopic (exact) mass is 235 g/mol. The number of rotatable bonds is 1. The Morgan fingerprint density at radius 2 is 2.06 bits per heavy atom. The highest BCUT2D eigenvalue weighted by Crippen LogP contribution is 2.14. The lowest BCUT2D eigenvalue weighted by atomic mass is 10.1. The number of methoxy groups -OCH3 is 1. The number of halogens is 1. The van der Waals surface area contributed by atoms with Crippen molar-refractivity contribution in [2.45, 2.75) is 6.92 Å². The molecule has 4 nitrogen and oxygen atoms in total. The average molecular weight is 235 g/mol. The number of carbonyl (C=O) groups excluding carboxylic acids is 1. The van der Waals surface area contributed by atoms with Crippen molar-refractivity contribution in [3.63, 3.8) is 0 Å². The molecule has 2 rings (SSSR count). The van der Waals surface area contributed by atoms with Gasteiger partial charge in [0.05, 0.1) is 12.6 Å². The number of nitrogens with one attached hydrogen (secondary N) is 1. The normalized spacial score (nSPS) is 10.5. The molecule has 0 aliphatic heterocycles. The van der Waals surface area contributed by atoms with Crippen LogP contribution >= 0.6 is 0 Å². The first-order chi connectivity index (χ1) is 8.02. The van der Waals surface area contributed by atoms with Gasteiger partial charge in [-0.05, 0) is 24.6 Å². The van der Waals surface area contributed by atoms with Crippen LogP contribution in [-0.4, -0.2) is 18.1 Å². The fourth-order valence-corrected chi connectivity index (χ4v) is 1.60. The number of aromatic amines is 1. The molecule has 17 heavy (non-hydrogen) atoms. The summed E-state index contributed by atoms with van der Waals surface area (Å²) < 4.78 is 17.8. The average Bonchev–Trinajstić information content (AvgIpc) is 2.30. The molecule has 0 fully saturated rings. The molecule has 0 amide bonds.